The van der Waals surface area contributed by atoms with Crippen LogP contribution < -0.4 is 10.1 Å². The molecule has 0 aliphatic heterocycles. The Bertz CT molecular complexity index is 1720. The SMILES string of the molecule is COc1ccc2c(c1)c(CC(=O)NCCCCCCN(Cc1ccccn1)Cc1ccccn1)c(C)n2C(=O)c1ccc(Cl)cc1.[Co].[Co].[Co].[Tc]. The van der Waals surface area contributed by atoms with Gasteiger partial charge in [-0.1, -0.05) is 36.6 Å². The van der Waals surface area contributed by atoms with Crippen LogP contribution in [-0.2, 0) is 94.7 Å². The first kappa shape index (κ1) is 45.7. The summed E-state index contributed by atoms with van der Waals surface area (Å²) < 4.78 is 7.13. The Morgan fingerprint density at radius 1 is 0.840 bits per heavy atom. The summed E-state index contributed by atoms with van der Waals surface area (Å²) in [7, 11) is 1.61. The van der Waals surface area contributed by atoms with E-state index < -0.39 is 0 Å². The number of aromatic nitrogens is 3. The van der Waals surface area contributed by atoms with Crippen molar-refractivity contribution in [2.75, 3.05) is 20.2 Å². The van der Waals surface area contributed by atoms with Gasteiger partial charge in [0.2, 0.25) is 5.91 Å². The molecule has 0 spiro atoms. The second-order valence-electron chi connectivity index (χ2n) is 11.4. The Morgan fingerprint density at radius 2 is 1.46 bits per heavy atom. The van der Waals surface area contributed by atoms with Crippen molar-refractivity contribution < 1.29 is 84.8 Å². The number of carbonyl (C=O) groups is 2. The number of hydrogen-bond donors (Lipinski definition) is 1. The van der Waals surface area contributed by atoms with Crippen molar-refractivity contribution >= 4 is 34.3 Å². The summed E-state index contributed by atoms with van der Waals surface area (Å²) in [6, 6.07) is 24.4. The summed E-state index contributed by atoms with van der Waals surface area (Å²) in [6.45, 7) is 4.99. The average Bonchev–Trinajstić information content (AvgIpc) is 3.34. The Kier molecular flexibility index (Phi) is 21.2. The minimum Gasteiger partial charge on any atom is -0.497 e. The van der Waals surface area contributed by atoms with Crippen LogP contribution in [0.1, 0.15) is 58.7 Å². The Labute approximate surface area is 343 Å². The second kappa shape index (κ2) is 23.3. The molecule has 0 aliphatic carbocycles. The summed E-state index contributed by atoms with van der Waals surface area (Å²) >= 11 is 6.04. The molecule has 5 rings (SSSR count). The quantitative estimate of drug-likeness (QED) is 0.114. The maximum absolute atomic E-state index is 13.5. The number of nitrogens with zero attached hydrogens (tertiary/aromatic N) is 4. The third kappa shape index (κ3) is 12.7. The van der Waals surface area contributed by atoms with Crippen LogP contribution in [0.5, 0.6) is 5.75 Å². The zero-order valence-electron chi connectivity index (χ0n) is 27.8. The van der Waals surface area contributed by atoms with Crippen LogP contribution in [0.3, 0.4) is 0 Å². The summed E-state index contributed by atoms with van der Waals surface area (Å²) in [6.07, 6.45) is 7.87. The molecule has 3 heterocycles. The van der Waals surface area contributed by atoms with Gasteiger partial charge in [-0.15, -0.1) is 0 Å². The van der Waals surface area contributed by atoms with E-state index in [2.05, 4.69) is 32.3 Å². The van der Waals surface area contributed by atoms with Crippen molar-refractivity contribution in [1.82, 2.24) is 24.8 Å². The van der Waals surface area contributed by atoms with Crippen molar-refractivity contribution in [3.63, 3.8) is 0 Å². The first-order valence-electron chi connectivity index (χ1n) is 15.7. The first-order chi connectivity index (χ1) is 22.4. The van der Waals surface area contributed by atoms with Crippen LogP contribution in [0.15, 0.2) is 91.3 Å². The smallest absolute Gasteiger partial charge is 0.262 e. The Balaban J connectivity index is 0.00000312. The van der Waals surface area contributed by atoms with Gasteiger partial charge < -0.3 is 10.1 Å². The zero-order chi connectivity index (χ0) is 32.3. The van der Waals surface area contributed by atoms with E-state index in [4.69, 9.17) is 16.3 Å². The number of unbranched alkanes of at least 4 members (excludes halogenated alkanes) is 3. The molecule has 1 amide bonds. The number of hydrogen-bond acceptors (Lipinski definition) is 6. The number of rotatable bonds is 15. The molecule has 272 valence electrons. The molecule has 5 aromatic rings. The maximum Gasteiger partial charge on any atom is 0.262 e. The van der Waals surface area contributed by atoms with Gasteiger partial charge in [0.1, 0.15) is 5.75 Å². The van der Waals surface area contributed by atoms with Crippen LogP contribution in [0.25, 0.3) is 10.9 Å². The molecule has 0 atom stereocenters. The van der Waals surface area contributed by atoms with E-state index in [0.717, 1.165) is 78.9 Å². The van der Waals surface area contributed by atoms with Gasteiger partial charge >= 0.3 is 0 Å². The second-order valence-corrected chi connectivity index (χ2v) is 11.8. The number of methoxy groups -OCH3 is 1. The predicted octanol–water partition coefficient (Wildman–Crippen LogP) is 7.00. The Morgan fingerprint density at radius 3 is 2.04 bits per heavy atom. The minimum absolute atomic E-state index is 0. The van der Waals surface area contributed by atoms with Crippen LogP contribution in [0.2, 0.25) is 5.02 Å². The molecule has 8 nitrogen and oxygen atoms in total. The zero-order valence-corrected chi connectivity index (χ0v) is 33.5. The summed E-state index contributed by atoms with van der Waals surface area (Å²) in [5.74, 6) is 0.430. The van der Waals surface area contributed by atoms with Crippen LogP contribution >= 0.6 is 11.6 Å². The molecule has 0 saturated heterocycles. The third-order valence-corrected chi connectivity index (χ3v) is 8.37. The molecule has 0 unspecified atom stereocenters. The third-order valence-electron chi connectivity index (χ3n) is 8.12. The van der Waals surface area contributed by atoms with E-state index in [1.165, 1.54) is 0 Å². The molecular weight excluding hydrogens is 873 g/mol. The van der Waals surface area contributed by atoms with E-state index in [9.17, 15) is 9.59 Å². The van der Waals surface area contributed by atoms with E-state index in [-0.39, 0.29) is 88.7 Å². The molecule has 13 heteroatoms. The molecule has 3 aromatic heterocycles. The average molecular weight is 913 g/mol. The summed E-state index contributed by atoms with van der Waals surface area (Å²) in [5.41, 5.74) is 4.91. The topological polar surface area (TPSA) is 89.3 Å². The van der Waals surface area contributed by atoms with Gasteiger partial charge in [-0.05, 0) is 98.6 Å². The van der Waals surface area contributed by atoms with Crippen molar-refractivity contribution in [3.8, 4) is 5.75 Å². The van der Waals surface area contributed by atoms with E-state index >= 15 is 0 Å². The first-order valence-corrected chi connectivity index (χ1v) is 16.1. The molecule has 2 aromatic carbocycles. The number of amides is 1. The molecule has 0 bridgehead atoms. The number of ether oxygens (including phenoxy) is 1. The molecule has 0 aliphatic rings. The molecule has 4 radical (unpaired) electrons. The number of carbonyl (C=O) groups excluding carboxylic acids is 2. The van der Waals surface area contributed by atoms with E-state index in [0.29, 0.717) is 22.9 Å². The van der Waals surface area contributed by atoms with Crippen molar-refractivity contribution in [2.45, 2.75) is 52.1 Å². The van der Waals surface area contributed by atoms with Crippen LogP contribution in [0, 0.1) is 6.92 Å². The summed E-state index contributed by atoms with van der Waals surface area (Å²) in [5, 5.41) is 4.48. The predicted molar refractivity (Wildman–Crippen MR) is 182 cm³/mol. The van der Waals surface area contributed by atoms with Gasteiger partial charge in [0.05, 0.1) is 30.4 Å². The molecular formula is C37H40ClCo3N5O3Tc. The number of nitrogens with one attached hydrogen (secondary N) is 1. The van der Waals surface area contributed by atoms with Crippen molar-refractivity contribution in [2.24, 2.45) is 0 Å². The minimum atomic E-state index is -0.172. The van der Waals surface area contributed by atoms with Crippen molar-refractivity contribution in [1.29, 1.82) is 0 Å². The van der Waals surface area contributed by atoms with Crippen LogP contribution in [0.4, 0.5) is 0 Å². The van der Waals surface area contributed by atoms with Gasteiger partial charge in [-0.25, -0.2) is 0 Å². The maximum atomic E-state index is 13.5. The molecule has 50 heavy (non-hydrogen) atoms. The largest absolute Gasteiger partial charge is 0.497 e. The number of pyridine rings is 2. The number of halogens is 1. The number of benzene rings is 2. The van der Waals surface area contributed by atoms with Gasteiger partial charge in [-0.3, -0.25) is 29.0 Å². The van der Waals surface area contributed by atoms with Gasteiger partial charge in [0.25, 0.3) is 5.91 Å². The standard InChI is InChI=1S/C37H40ClN5O3.3Co.Tc/c1-27-33(34-23-32(46-2)17-18-35(34)43(27)37(45)28-13-15-29(38)16-14-28)24-36(44)41-21-7-3-4-10-22-42(25-30-11-5-8-19-39-30)26-31-12-6-9-20-40-31;;;;/h5-6,8-9,11-20,23H,3-4,7,10,21-22,24-26H2,1-2H3,(H,41,44);;;;. The fourth-order valence-corrected chi connectivity index (χ4v) is 5.84. The molecule has 0 saturated carbocycles. The Hall–Kier alpha value is -2.36. The monoisotopic (exact) mass is 911 g/mol. The van der Waals surface area contributed by atoms with E-state index in [1.807, 2.05) is 61.8 Å². The normalized spacial score (nSPS) is 10.3. The van der Waals surface area contributed by atoms with Crippen LogP contribution in [-0.4, -0.2) is 51.4 Å². The summed E-state index contributed by atoms with van der Waals surface area (Å²) in [4.78, 5) is 38.0. The fraction of sp³-hybridized carbons (Fsp3) is 0.297. The van der Waals surface area contributed by atoms with Crippen molar-refractivity contribution in [3.05, 3.63) is 124 Å². The van der Waals surface area contributed by atoms with Gasteiger partial charge in [0.15, 0.2) is 0 Å². The number of fused-ring (bicyclic) bond motifs is 1. The van der Waals surface area contributed by atoms with Gasteiger partial charge in [-0.2, -0.15) is 0 Å². The molecule has 1 N–H and O–H groups in total. The molecule has 0 fully saturated rings. The fourth-order valence-electron chi connectivity index (χ4n) is 5.72. The van der Waals surface area contributed by atoms with E-state index in [1.54, 1.807) is 35.9 Å². The van der Waals surface area contributed by atoms with Gasteiger partial charge in [0, 0.05) is 124 Å².